The molecule has 3 aliphatic rings. The number of aromatic amines is 1. The molecule has 3 N–H and O–H groups in total. The monoisotopic (exact) mass is 460 g/mol. The second kappa shape index (κ2) is 10.5. The number of nitrogens with zero attached hydrogens (tertiary/aromatic N) is 2. The van der Waals surface area contributed by atoms with Gasteiger partial charge in [0, 0.05) is 43.0 Å². The second-order valence-corrected chi connectivity index (χ2v) is 9.56. The number of rotatable bonds is 3. The zero-order chi connectivity index (χ0) is 25.2. The number of carbonyl (C=O) groups excluding carboxylic acids is 1. The van der Waals surface area contributed by atoms with E-state index >= 15 is 0 Å². The number of fused-ring (bicyclic) bond motifs is 2. The fourth-order valence-electron chi connectivity index (χ4n) is 5.30. The van der Waals surface area contributed by atoms with Crippen LogP contribution in [-0.2, 0) is 11.2 Å². The van der Waals surface area contributed by atoms with Crippen molar-refractivity contribution in [3.05, 3.63) is 47.6 Å². The average Bonchev–Trinajstić information content (AvgIpc) is 3.14. The maximum atomic E-state index is 13.2. The molecule has 5 rings (SSSR count). The average molecular weight is 460 g/mol. The SMILES string of the molecule is CC.CCC.[B]c1[nH]c2c(C)ccc3c2c1CC1(N)C3=CC(C(=O)N2CCC2C)CN1CC=C. The molecule has 2 aromatic rings. The smallest absolute Gasteiger partial charge is 0.231 e. The van der Waals surface area contributed by atoms with Gasteiger partial charge in [-0.05, 0) is 48.1 Å². The van der Waals surface area contributed by atoms with Gasteiger partial charge in [0.1, 0.15) is 7.85 Å². The molecule has 0 spiro atoms. The highest BCUT2D eigenvalue weighted by Gasteiger charge is 2.47. The number of nitrogens with two attached hydrogens (primary N) is 1. The third-order valence-electron chi connectivity index (χ3n) is 7.12. The van der Waals surface area contributed by atoms with Crippen molar-refractivity contribution >= 4 is 35.8 Å². The van der Waals surface area contributed by atoms with Crippen LogP contribution in [0.4, 0.5) is 0 Å². The lowest BCUT2D eigenvalue weighted by Crippen LogP contribution is -2.64. The van der Waals surface area contributed by atoms with E-state index in [4.69, 9.17) is 13.6 Å². The molecule has 2 radical (unpaired) electrons. The Bertz CT molecular complexity index is 1090. The minimum absolute atomic E-state index is 0.196. The van der Waals surface area contributed by atoms with E-state index in [2.05, 4.69) is 62.4 Å². The summed E-state index contributed by atoms with van der Waals surface area (Å²) >= 11 is 0. The topological polar surface area (TPSA) is 65.4 Å². The number of carbonyl (C=O) groups is 1. The Labute approximate surface area is 206 Å². The van der Waals surface area contributed by atoms with E-state index in [1.807, 2.05) is 24.8 Å². The Hall–Kier alpha value is -2.31. The van der Waals surface area contributed by atoms with E-state index in [0.717, 1.165) is 46.1 Å². The Kier molecular flexibility index (Phi) is 8.15. The van der Waals surface area contributed by atoms with Crippen LogP contribution in [0.2, 0.25) is 0 Å². The van der Waals surface area contributed by atoms with Crippen LogP contribution < -0.4 is 11.3 Å². The van der Waals surface area contributed by atoms with Gasteiger partial charge in [0.25, 0.3) is 0 Å². The molecule has 5 nitrogen and oxygen atoms in total. The predicted octanol–water partition coefficient (Wildman–Crippen LogP) is 4.05. The van der Waals surface area contributed by atoms with Crippen molar-refractivity contribution < 1.29 is 4.79 Å². The quantitative estimate of drug-likeness (QED) is 0.537. The second-order valence-electron chi connectivity index (χ2n) is 9.56. The standard InChI is InChI=1S/C23H27BN4O.C3H8.C2H6/c1-4-8-27-12-15(22(29)28-9-7-14(28)3)10-18-16-6-5-13(2)20-19(16)17(21(24)26-20)11-23(18,27)25;1-3-2;1-2/h4-6,10,14-15,26H,1,7-9,11-12,25H2,2-3H3;3H2,1-2H3;1-2H3. The van der Waals surface area contributed by atoms with Crippen LogP contribution in [0.15, 0.2) is 30.9 Å². The number of hydrogen-bond acceptors (Lipinski definition) is 3. The summed E-state index contributed by atoms with van der Waals surface area (Å²) < 4.78 is 0. The lowest BCUT2D eigenvalue weighted by Gasteiger charge is -2.50. The molecule has 182 valence electrons. The van der Waals surface area contributed by atoms with E-state index in [1.165, 1.54) is 6.42 Å². The zero-order valence-electron chi connectivity index (χ0n) is 21.9. The summed E-state index contributed by atoms with van der Waals surface area (Å²) in [6.07, 6.45) is 6.95. The maximum Gasteiger partial charge on any atom is 0.231 e. The van der Waals surface area contributed by atoms with Crippen molar-refractivity contribution in [3.8, 4) is 0 Å². The molecule has 1 aliphatic carbocycles. The molecule has 2 aliphatic heterocycles. The van der Waals surface area contributed by atoms with Crippen LogP contribution in [0.25, 0.3) is 16.5 Å². The molecule has 3 unspecified atom stereocenters. The lowest BCUT2D eigenvalue weighted by atomic mass is 9.73. The van der Waals surface area contributed by atoms with E-state index in [0.29, 0.717) is 31.1 Å². The number of benzene rings is 1. The summed E-state index contributed by atoms with van der Waals surface area (Å²) in [5.74, 6) is 0.00802. The molecule has 0 bridgehead atoms. The van der Waals surface area contributed by atoms with Gasteiger partial charge in [-0.25, -0.2) is 0 Å². The van der Waals surface area contributed by atoms with Gasteiger partial charge in [0.2, 0.25) is 5.91 Å². The highest BCUT2D eigenvalue weighted by atomic mass is 16.2. The van der Waals surface area contributed by atoms with E-state index in [1.54, 1.807) is 0 Å². The largest absolute Gasteiger partial charge is 0.368 e. The number of hydrogen-bond donors (Lipinski definition) is 2. The normalized spacial score (nSPS) is 25.1. The van der Waals surface area contributed by atoms with Crippen molar-refractivity contribution in [2.45, 2.75) is 72.5 Å². The number of H-pyrrole nitrogens is 1. The number of nitrogens with one attached hydrogen (secondary N) is 1. The van der Waals surface area contributed by atoms with Gasteiger partial charge >= 0.3 is 0 Å². The molecule has 1 aromatic heterocycles. The van der Waals surface area contributed by atoms with Crippen LogP contribution >= 0.6 is 0 Å². The summed E-state index contributed by atoms with van der Waals surface area (Å²) in [6, 6.07) is 4.56. The molecule has 34 heavy (non-hydrogen) atoms. The van der Waals surface area contributed by atoms with Gasteiger partial charge in [0.05, 0.1) is 11.6 Å². The number of aryl methyl sites for hydroxylation is 1. The first-order chi connectivity index (χ1) is 16.3. The predicted molar refractivity (Wildman–Crippen MR) is 145 cm³/mol. The summed E-state index contributed by atoms with van der Waals surface area (Å²) in [5, 5.41) is 1.15. The molecule has 1 saturated heterocycles. The van der Waals surface area contributed by atoms with Gasteiger partial charge in [-0.3, -0.25) is 9.69 Å². The van der Waals surface area contributed by atoms with Crippen molar-refractivity contribution in [3.63, 3.8) is 0 Å². The first-order valence-electron chi connectivity index (χ1n) is 12.8. The molecule has 3 atom stereocenters. The molecule has 1 amide bonds. The Morgan fingerprint density at radius 3 is 2.59 bits per heavy atom. The molecule has 1 fully saturated rings. The summed E-state index contributed by atoms with van der Waals surface area (Å²) in [7, 11) is 6.36. The van der Waals surface area contributed by atoms with Crippen molar-refractivity contribution in [1.82, 2.24) is 14.8 Å². The number of amides is 1. The van der Waals surface area contributed by atoms with E-state index < -0.39 is 5.66 Å². The first kappa shape index (κ1) is 26.3. The van der Waals surface area contributed by atoms with E-state index in [9.17, 15) is 4.79 Å². The lowest BCUT2D eigenvalue weighted by molar-refractivity contribution is -0.142. The van der Waals surface area contributed by atoms with Gasteiger partial charge in [-0.1, -0.05) is 58.4 Å². The fraction of sp³-hybridized carbons (Fsp3) is 0.536. The van der Waals surface area contributed by atoms with Gasteiger partial charge < -0.3 is 15.6 Å². The van der Waals surface area contributed by atoms with Crippen LogP contribution in [0.1, 0.15) is 64.2 Å². The minimum Gasteiger partial charge on any atom is -0.368 e. The molecular weight excluding hydrogens is 419 g/mol. The maximum absolute atomic E-state index is 13.2. The van der Waals surface area contributed by atoms with Gasteiger partial charge in [0.15, 0.2) is 0 Å². The van der Waals surface area contributed by atoms with Crippen molar-refractivity contribution in [1.29, 1.82) is 0 Å². The molecule has 3 heterocycles. The molecule has 1 aromatic carbocycles. The minimum atomic E-state index is -0.697. The third kappa shape index (κ3) is 4.27. The molecule has 0 saturated carbocycles. The highest BCUT2D eigenvalue weighted by Crippen LogP contribution is 2.45. The Morgan fingerprint density at radius 1 is 1.35 bits per heavy atom. The summed E-state index contributed by atoms with van der Waals surface area (Å²) in [6.45, 7) is 18.5. The van der Waals surface area contributed by atoms with Crippen LogP contribution in [0.5, 0.6) is 0 Å². The molecular formula is C28H41BN4O. The first-order valence-corrected chi connectivity index (χ1v) is 12.8. The van der Waals surface area contributed by atoms with Crippen molar-refractivity contribution in [2.75, 3.05) is 19.6 Å². The summed E-state index contributed by atoms with van der Waals surface area (Å²) in [4.78, 5) is 20.8. The fourth-order valence-corrected chi connectivity index (χ4v) is 5.30. The third-order valence-corrected chi connectivity index (χ3v) is 7.12. The van der Waals surface area contributed by atoms with Crippen LogP contribution in [-0.4, -0.2) is 59.9 Å². The van der Waals surface area contributed by atoms with Gasteiger partial charge in [-0.15, -0.1) is 6.58 Å². The van der Waals surface area contributed by atoms with Crippen LogP contribution in [0, 0.1) is 12.8 Å². The zero-order valence-corrected chi connectivity index (χ0v) is 21.9. The molecule has 6 heteroatoms. The van der Waals surface area contributed by atoms with E-state index in [-0.39, 0.29) is 11.8 Å². The Morgan fingerprint density at radius 2 is 2.03 bits per heavy atom. The van der Waals surface area contributed by atoms with Gasteiger partial charge in [-0.2, -0.15) is 0 Å². The number of aromatic nitrogens is 1. The van der Waals surface area contributed by atoms with Crippen molar-refractivity contribution in [2.24, 2.45) is 11.7 Å². The van der Waals surface area contributed by atoms with Crippen LogP contribution in [0.3, 0.4) is 0 Å². The Balaban J connectivity index is 0.000000603. The summed E-state index contributed by atoms with van der Waals surface area (Å²) in [5.41, 5.74) is 12.5. The number of likely N-dealkylation sites (tertiary alicyclic amines) is 1. The highest BCUT2D eigenvalue weighted by molar-refractivity contribution is 6.34.